The fourth-order valence-electron chi connectivity index (χ4n) is 3.20. The van der Waals surface area contributed by atoms with Gasteiger partial charge in [0.1, 0.15) is 0 Å². The monoisotopic (exact) mass is 387 g/mol. The third-order valence-electron chi connectivity index (χ3n) is 4.54. The predicted octanol–water partition coefficient (Wildman–Crippen LogP) is 1.64. The molecular weight excluding hydrogens is 364 g/mol. The summed E-state index contributed by atoms with van der Waals surface area (Å²) in [4.78, 5) is 26.9. The molecule has 0 radical (unpaired) electrons. The molecule has 7 heteroatoms. The molecule has 0 saturated carbocycles. The van der Waals surface area contributed by atoms with Gasteiger partial charge in [0.05, 0.1) is 26.2 Å². The minimum absolute atomic E-state index is 0.00603. The zero-order valence-corrected chi connectivity index (χ0v) is 16.1. The molecule has 1 saturated heterocycles. The molecule has 1 aliphatic heterocycles. The number of halogens is 1. The van der Waals surface area contributed by atoms with Crippen LogP contribution < -0.4 is 20.4 Å². The number of quaternary nitrogens is 1. The molecule has 0 unspecified atom stereocenters. The van der Waals surface area contributed by atoms with Gasteiger partial charge in [0.25, 0.3) is 5.91 Å². The number of amides is 2. The quantitative estimate of drug-likeness (QED) is 0.730. The van der Waals surface area contributed by atoms with E-state index in [0.717, 1.165) is 42.6 Å². The number of carbonyl (C=O) groups is 2. The van der Waals surface area contributed by atoms with Gasteiger partial charge in [-0.2, -0.15) is 0 Å². The van der Waals surface area contributed by atoms with E-state index >= 15 is 0 Å². The highest BCUT2D eigenvalue weighted by Gasteiger charge is 2.22. The summed E-state index contributed by atoms with van der Waals surface area (Å²) in [6.07, 6.45) is 0. The van der Waals surface area contributed by atoms with Crippen molar-refractivity contribution in [1.82, 2.24) is 0 Å². The van der Waals surface area contributed by atoms with Gasteiger partial charge in [-0.25, -0.2) is 0 Å². The smallest absolute Gasteiger partial charge is 0.279 e. The van der Waals surface area contributed by atoms with Gasteiger partial charge in [0, 0.05) is 29.0 Å². The molecule has 0 spiro atoms. The lowest BCUT2D eigenvalue weighted by atomic mass is 10.2. The fraction of sp³-hybridized carbons (Fsp3) is 0.300. The van der Waals surface area contributed by atoms with Crippen molar-refractivity contribution in [3.63, 3.8) is 0 Å². The number of benzene rings is 2. The molecule has 0 atom stereocenters. The molecule has 1 aliphatic rings. The molecule has 1 heterocycles. The second-order valence-electron chi connectivity index (χ2n) is 6.70. The molecule has 3 rings (SSSR count). The average molecular weight is 388 g/mol. The SMILES string of the molecule is CC(=O)Nc1ccc(NC(=O)C[NH+]2CCN(c3cccc(Cl)c3)CC2)cc1. The van der Waals surface area contributed by atoms with Crippen LogP contribution in [0.2, 0.25) is 5.02 Å². The highest BCUT2D eigenvalue weighted by atomic mass is 35.5. The molecule has 3 N–H and O–H groups in total. The summed E-state index contributed by atoms with van der Waals surface area (Å²) in [5.41, 5.74) is 2.57. The van der Waals surface area contributed by atoms with Gasteiger partial charge in [0.2, 0.25) is 5.91 Å². The number of rotatable bonds is 5. The molecule has 27 heavy (non-hydrogen) atoms. The molecule has 0 aliphatic carbocycles. The molecule has 2 aromatic rings. The molecular formula is C20H24ClN4O2+. The van der Waals surface area contributed by atoms with Crippen molar-refractivity contribution in [2.24, 2.45) is 0 Å². The van der Waals surface area contributed by atoms with Crippen LogP contribution in [0.15, 0.2) is 48.5 Å². The van der Waals surface area contributed by atoms with Crippen molar-refractivity contribution in [3.05, 3.63) is 53.6 Å². The topological polar surface area (TPSA) is 65.9 Å². The summed E-state index contributed by atoms with van der Waals surface area (Å²) in [5.74, 6) is -0.124. The van der Waals surface area contributed by atoms with Crippen molar-refractivity contribution in [3.8, 4) is 0 Å². The fourth-order valence-corrected chi connectivity index (χ4v) is 3.39. The summed E-state index contributed by atoms with van der Waals surface area (Å²) in [6.45, 7) is 5.51. The first-order valence-corrected chi connectivity index (χ1v) is 9.39. The Balaban J connectivity index is 1.46. The Labute approximate surface area is 164 Å². The normalized spacial score (nSPS) is 14.7. The third kappa shape index (κ3) is 5.70. The van der Waals surface area contributed by atoms with Gasteiger partial charge in [-0.15, -0.1) is 0 Å². The second-order valence-corrected chi connectivity index (χ2v) is 7.14. The number of nitrogens with one attached hydrogen (secondary N) is 3. The van der Waals surface area contributed by atoms with Crippen LogP contribution in [-0.2, 0) is 9.59 Å². The summed E-state index contributed by atoms with van der Waals surface area (Å²) < 4.78 is 0. The number of hydrogen-bond acceptors (Lipinski definition) is 3. The van der Waals surface area contributed by atoms with Crippen LogP contribution in [0.25, 0.3) is 0 Å². The van der Waals surface area contributed by atoms with E-state index in [9.17, 15) is 9.59 Å². The standard InChI is InChI=1S/C20H23ClN4O2/c1-15(26)22-17-5-7-18(8-6-17)23-20(27)14-24-9-11-25(12-10-24)19-4-2-3-16(21)13-19/h2-8,13H,9-12,14H2,1H3,(H,22,26)(H,23,27)/p+1. The summed E-state index contributed by atoms with van der Waals surface area (Å²) in [5, 5.41) is 6.36. The second kappa shape index (κ2) is 8.88. The predicted molar refractivity (Wildman–Crippen MR) is 109 cm³/mol. The molecule has 6 nitrogen and oxygen atoms in total. The maximum Gasteiger partial charge on any atom is 0.279 e. The lowest BCUT2D eigenvalue weighted by Gasteiger charge is -2.33. The van der Waals surface area contributed by atoms with Gasteiger partial charge in [-0.05, 0) is 42.5 Å². The van der Waals surface area contributed by atoms with Crippen molar-refractivity contribution >= 4 is 40.5 Å². The minimum atomic E-state index is -0.118. The molecule has 2 amide bonds. The molecule has 1 fully saturated rings. The Bertz CT molecular complexity index is 802. The van der Waals surface area contributed by atoms with E-state index in [0.29, 0.717) is 12.2 Å². The van der Waals surface area contributed by atoms with Crippen LogP contribution in [0.1, 0.15) is 6.92 Å². The summed E-state index contributed by atoms with van der Waals surface area (Å²) in [6, 6.07) is 15.0. The first kappa shape index (κ1) is 19.2. The van der Waals surface area contributed by atoms with E-state index in [1.807, 2.05) is 18.2 Å². The van der Waals surface area contributed by atoms with E-state index in [1.54, 1.807) is 24.3 Å². The van der Waals surface area contributed by atoms with Crippen molar-refractivity contribution < 1.29 is 14.5 Å². The van der Waals surface area contributed by atoms with Crippen LogP contribution in [0.5, 0.6) is 0 Å². The number of piperazine rings is 1. The van der Waals surface area contributed by atoms with Crippen molar-refractivity contribution in [2.75, 3.05) is 48.3 Å². The Hall–Kier alpha value is -2.57. The van der Waals surface area contributed by atoms with E-state index in [1.165, 1.54) is 11.8 Å². The van der Waals surface area contributed by atoms with E-state index in [4.69, 9.17) is 11.6 Å². The minimum Gasteiger partial charge on any atom is -0.360 e. The Morgan fingerprint density at radius 2 is 1.67 bits per heavy atom. The number of anilines is 3. The van der Waals surface area contributed by atoms with Crippen LogP contribution >= 0.6 is 11.6 Å². The molecule has 142 valence electrons. The zero-order chi connectivity index (χ0) is 19.2. The highest BCUT2D eigenvalue weighted by molar-refractivity contribution is 6.30. The van der Waals surface area contributed by atoms with Gasteiger partial charge in [0.15, 0.2) is 6.54 Å². The zero-order valence-electron chi connectivity index (χ0n) is 15.3. The van der Waals surface area contributed by atoms with Gasteiger partial charge in [-0.1, -0.05) is 17.7 Å². The van der Waals surface area contributed by atoms with Crippen molar-refractivity contribution in [1.29, 1.82) is 0 Å². The molecule has 0 bridgehead atoms. The van der Waals surface area contributed by atoms with Crippen LogP contribution in [0, 0.1) is 0 Å². The van der Waals surface area contributed by atoms with Crippen LogP contribution in [0.3, 0.4) is 0 Å². The first-order valence-electron chi connectivity index (χ1n) is 9.01. The Morgan fingerprint density at radius 3 is 2.26 bits per heavy atom. The third-order valence-corrected chi connectivity index (χ3v) is 4.78. The van der Waals surface area contributed by atoms with Gasteiger partial charge >= 0.3 is 0 Å². The molecule has 0 aromatic heterocycles. The largest absolute Gasteiger partial charge is 0.360 e. The maximum absolute atomic E-state index is 12.3. The number of carbonyl (C=O) groups excluding carboxylic acids is 2. The van der Waals surface area contributed by atoms with Crippen molar-refractivity contribution in [2.45, 2.75) is 6.92 Å². The first-order chi connectivity index (χ1) is 13.0. The van der Waals surface area contributed by atoms with E-state index in [-0.39, 0.29) is 11.8 Å². The van der Waals surface area contributed by atoms with E-state index < -0.39 is 0 Å². The van der Waals surface area contributed by atoms with Gasteiger partial charge < -0.3 is 20.4 Å². The number of nitrogens with zero attached hydrogens (tertiary/aromatic N) is 1. The average Bonchev–Trinajstić information content (AvgIpc) is 2.63. The summed E-state index contributed by atoms with van der Waals surface area (Å²) >= 11 is 6.07. The molecule has 2 aromatic carbocycles. The Kier molecular flexibility index (Phi) is 6.32. The summed E-state index contributed by atoms with van der Waals surface area (Å²) in [7, 11) is 0. The lowest BCUT2D eigenvalue weighted by Crippen LogP contribution is -3.15. The van der Waals surface area contributed by atoms with Crippen LogP contribution in [0.4, 0.5) is 17.1 Å². The highest BCUT2D eigenvalue weighted by Crippen LogP contribution is 2.19. The number of hydrogen-bond donors (Lipinski definition) is 3. The van der Waals surface area contributed by atoms with E-state index in [2.05, 4.69) is 21.6 Å². The van der Waals surface area contributed by atoms with Gasteiger partial charge in [-0.3, -0.25) is 9.59 Å². The lowest BCUT2D eigenvalue weighted by molar-refractivity contribution is -0.892. The maximum atomic E-state index is 12.3. The van der Waals surface area contributed by atoms with Crippen LogP contribution in [-0.4, -0.2) is 44.5 Å². The Morgan fingerprint density at radius 1 is 1.04 bits per heavy atom.